The van der Waals surface area contributed by atoms with Crippen molar-refractivity contribution in [3.8, 4) is 78.7 Å². The van der Waals surface area contributed by atoms with Gasteiger partial charge in [0.2, 0.25) is 0 Å². The second-order valence-corrected chi connectivity index (χ2v) is 13.6. The molecule has 0 radical (unpaired) electrons. The van der Waals surface area contributed by atoms with Gasteiger partial charge in [-0.2, -0.15) is 0 Å². The number of fused-ring (bicyclic) bond motifs is 3. The van der Waals surface area contributed by atoms with E-state index >= 15 is 0 Å². The first-order valence-electron chi connectivity index (χ1n) is 18.4. The minimum Gasteiger partial charge on any atom is -0.455 e. The van der Waals surface area contributed by atoms with Crippen LogP contribution in [-0.4, -0.2) is 15.0 Å². The number of nitrogens with zero attached hydrogens (tertiary/aromatic N) is 3. The van der Waals surface area contributed by atoms with Crippen LogP contribution in [-0.2, 0) is 0 Å². The van der Waals surface area contributed by atoms with Crippen LogP contribution in [0, 0.1) is 0 Å². The van der Waals surface area contributed by atoms with Crippen LogP contribution >= 0.6 is 0 Å². The average molecular weight is 704 g/mol. The molecular formula is C51H33N3O. The molecule has 10 rings (SSSR count). The fourth-order valence-corrected chi connectivity index (χ4v) is 7.36. The van der Waals surface area contributed by atoms with Crippen molar-refractivity contribution in [1.29, 1.82) is 0 Å². The molecule has 0 N–H and O–H groups in total. The molecule has 8 aromatic carbocycles. The van der Waals surface area contributed by atoms with E-state index in [9.17, 15) is 0 Å². The minimum atomic E-state index is 0.602. The van der Waals surface area contributed by atoms with Gasteiger partial charge in [-0.05, 0) is 69.3 Å². The van der Waals surface area contributed by atoms with Gasteiger partial charge in [0.05, 0.1) is 0 Å². The van der Waals surface area contributed by atoms with E-state index in [1.807, 2.05) is 36.4 Å². The van der Waals surface area contributed by atoms with E-state index in [0.29, 0.717) is 17.5 Å². The maximum absolute atomic E-state index is 6.37. The van der Waals surface area contributed by atoms with Crippen LogP contribution in [0.4, 0.5) is 0 Å². The van der Waals surface area contributed by atoms with Crippen LogP contribution in [0.15, 0.2) is 205 Å². The van der Waals surface area contributed by atoms with E-state index in [2.05, 4.69) is 164 Å². The summed E-state index contributed by atoms with van der Waals surface area (Å²) in [5.41, 5.74) is 13.3. The van der Waals surface area contributed by atoms with Gasteiger partial charge in [0, 0.05) is 33.0 Å². The van der Waals surface area contributed by atoms with Crippen molar-refractivity contribution in [2.24, 2.45) is 0 Å². The topological polar surface area (TPSA) is 51.8 Å². The van der Waals surface area contributed by atoms with Gasteiger partial charge in [0.25, 0.3) is 0 Å². The lowest BCUT2D eigenvalue weighted by Gasteiger charge is -2.13. The Hall–Kier alpha value is -7.43. The molecule has 0 atom stereocenters. The number of para-hydroxylation sites is 2. The van der Waals surface area contributed by atoms with Gasteiger partial charge in [-0.3, -0.25) is 0 Å². The van der Waals surface area contributed by atoms with Gasteiger partial charge >= 0.3 is 0 Å². The van der Waals surface area contributed by atoms with Crippen LogP contribution in [0.25, 0.3) is 101 Å². The summed E-state index contributed by atoms with van der Waals surface area (Å²) < 4.78 is 6.37. The Bertz CT molecular complexity index is 2900. The van der Waals surface area contributed by atoms with E-state index in [1.54, 1.807) is 0 Å². The third-order valence-electron chi connectivity index (χ3n) is 10.1. The second-order valence-electron chi connectivity index (χ2n) is 13.6. The monoisotopic (exact) mass is 703 g/mol. The van der Waals surface area contributed by atoms with E-state index in [1.165, 1.54) is 0 Å². The lowest BCUT2D eigenvalue weighted by atomic mass is 9.96. The summed E-state index contributed by atoms with van der Waals surface area (Å²) >= 11 is 0. The molecule has 0 bridgehead atoms. The largest absolute Gasteiger partial charge is 0.455 e. The van der Waals surface area contributed by atoms with E-state index < -0.39 is 0 Å². The smallest absolute Gasteiger partial charge is 0.164 e. The normalized spacial score (nSPS) is 11.3. The van der Waals surface area contributed by atoms with Crippen molar-refractivity contribution in [2.45, 2.75) is 0 Å². The summed E-state index contributed by atoms with van der Waals surface area (Å²) in [6.07, 6.45) is 0. The fraction of sp³-hybridized carbons (Fsp3) is 0. The van der Waals surface area contributed by atoms with Gasteiger partial charge < -0.3 is 4.42 Å². The first kappa shape index (κ1) is 32.2. The zero-order chi connectivity index (χ0) is 36.6. The van der Waals surface area contributed by atoms with E-state index in [4.69, 9.17) is 19.4 Å². The third-order valence-corrected chi connectivity index (χ3v) is 10.1. The molecule has 0 spiro atoms. The highest BCUT2D eigenvalue weighted by atomic mass is 16.3. The molecule has 2 aromatic heterocycles. The number of hydrogen-bond acceptors (Lipinski definition) is 4. The molecule has 0 aliphatic carbocycles. The number of furan rings is 1. The van der Waals surface area contributed by atoms with Crippen LogP contribution < -0.4 is 0 Å². The molecule has 258 valence electrons. The highest BCUT2D eigenvalue weighted by molar-refractivity contribution is 6.09. The predicted molar refractivity (Wildman–Crippen MR) is 225 cm³/mol. The van der Waals surface area contributed by atoms with Gasteiger partial charge in [0.1, 0.15) is 11.2 Å². The molecule has 2 heterocycles. The quantitative estimate of drug-likeness (QED) is 0.166. The van der Waals surface area contributed by atoms with Crippen molar-refractivity contribution in [1.82, 2.24) is 15.0 Å². The Morgan fingerprint density at radius 1 is 0.273 bits per heavy atom. The molecule has 0 saturated heterocycles. The Morgan fingerprint density at radius 2 is 0.709 bits per heavy atom. The molecule has 10 aromatic rings. The maximum atomic E-state index is 6.37. The van der Waals surface area contributed by atoms with Crippen LogP contribution in [0.2, 0.25) is 0 Å². The number of hydrogen-bond donors (Lipinski definition) is 0. The fourth-order valence-electron chi connectivity index (χ4n) is 7.36. The lowest BCUT2D eigenvalue weighted by molar-refractivity contribution is 0.670. The molecule has 0 aliphatic rings. The molecule has 0 aliphatic heterocycles. The third kappa shape index (κ3) is 6.26. The minimum absolute atomic E-state index is 0.602. The Labute approximate surface area is 319 Å². The predicted octanol–water partition coefficient (Wildman–Crippen LogP) is 13.4. The van der Waals surface area contributed by atoms with Crippen LogP contribution in [0.5, 0.6) is 0 Å². The first-order chi connectivity index (χ1) is 27.2. The van der Waals surface area contributed by atoms with Crippen molar-refractivity contribution in [2.75, 3.05) is 0 Å². The summed E-state index contributed by atoms with van der Waals surface area (Å²) in [7, 11) is 0. The van der Waals surface area contributed by atoms with Gasteiger partial charge in [0.15, 0.2) is 17.5 Å². The molecular weight excluding hydrogens is 671 g/mol. The zero-order valence-corrected chi connectivity index (χ0v) is 29.8. The molecule has 0 fully saturated rings. The van der Waals surface area contributed by atoms with Gasteiger partial charge in [-0.25, -0.2) is 15.0 Å². The number of rotatable bonds is 7. The molecule has 0 saturated carbocycles. The summed E-state index contributed by atoms with van der Waals surface area (Å²) in [6.45, 7) is 0. The SMILES string of the molecule is c1ccc(-c2cccc(-c3nc(-c4ccc(-c5cccc6c5oc5ccccc56)cc4)nc(-c4cc(-c5ccccc5)cc(-c5ccccc5)c4)n3)c2)cc1. The number of benzene rings is 8. The first-order valence-corrected chi connectivity index (χ1v) is 18.4. The molecule has 4 nitrogen and oxygen atoms in total. The maximum Gasteiger partial charge on any atom is 0.164 e. The lowest BCUT2D eigenvalue weighted by Crippen LogP contribution is -2.01. The standard InChI is InChI=1S/C51H33N3O/c1-4-14-34(15-5-1)39-20-12-21-40(30-39)50-52-49(38-28-26-37(27-29-38)44-23-13-24-46-45-22-10-11-25-47(45)55-48(44)46)53-51(54-50)43-32-41(35-16-6-2-7-17-35)31-42(33-43)36-18-8-3-9-19-36/h1-33H. The van der Waals surface area contributed by atoms with Crippen molar-refractivity contribution in [3.63, 3.8) is 0 Å². The van der Waals surface area contributed by atoms with Gasteiger partial charge in [-0.1, -0.05) is 170 Å². The highest BCUT2D eigenvalue weighted by Crippen LogP contribution is 2.37. The molecule has 0 amide bonds. The summed E-state index contributed by atoms with van der Waals surface area (Å²) in [6, 6.07) is 69.3. The Morgan fingerprint density at radius 3 is 1.36 bits per heavy atom. The van der Waals surface area contributed by atoms with E-state index in [0.717, 1.165) is 83.1 Å². The van der Waals surface area contributed by atoms with Crippen LogP contribution in [0.1, 0.15) is 0 Å². The van der Waals surface area contributed by atoms with E-state index in [-0.39, 0.29) is 0 Å². The summed E-state index contributed by atoms with van der Waals surface area (Å²) in [5.74, 6) is 1.82. The second kappa shape index (κ2) is 13.8. The zero-order valence-electron chi connectivity index (χ0n) is 29.8. The highest BCUT2D eigenvalue weighted by Gasteiger charge is 2.17. The number of aromatic nitrogens is 3. The van der Waals surface area contributed by atoms with Crippen molar-refractivity contribution in [3.05, 3.63) is 200 Å². The van der Waals surface area contributed by atoms with Crippen molar-refractivity contribution >= 4 is 21.9 Å². The average Bonchev–Trinajstić information content (AvgIpc) is 3.66. The Balaban J connectivity index is 1.13. The molecule has 0 unspecified atom stereocenters. The van der Waals surface area contributed by atoms with Crippen molar-refractivity contribution < 1.29 is 4.42 Å². The van der Waals surface area contributed by atoms with Crippen LogP contribution in [0.3, 0.4) is 0 Å². The Kier molecular flexibility index (Phi) is 8.12. The molecule has 55 heavy (non-hydrogen) atoms. The summed E-state index contributed by atoms with van der Waals surface area (Å²) in [5, 5.41) is 2.22. The van der Waals surface area contributed by atoms with Gasteiger partial charge in [-0.15, -0.1) is 0 Å². The molecule has 4 heteroatoms. The summed E-state index contributed by atoms with van der Waals surface area (Å²) in [4.78, 5) is 15.5.